The first kappa shape index (κ1) is 27.6. The molecule has 0 heterocycles. The number of halogens is 4. The molecular formula is C21H27F3IN3O4. The molecule has 178 valence electrons. The summed E-state index contributed by atoms with van der Waals surface area (Å²) in [7, 11) is 3.02. The van der Waals surface area contributed by atoms with Crippen molar-refractivity contribution in [1.82, 2.24) is 10.6 Å². The summed E-state index contributed by atoms with van der Waals surface area (Å²) in [5.41, 5.74) is 0.793. The third-order valence-electron chi connectivity index (χ3n) is 4.21. The molecule has 1 unspecified atom stereocenters. The van der Waals surface area contributed by atoms with Crippen molar-refractivity contribution >= 4 is 29.9 Å². The number of alkyl halides is 3. The van der Waals surface area contributed by atoms with Crippen molar-refractivity contribution in [3.63, 3.8) is 0 Å². The van der Waals surface area contributed by atoms with Gasteiger partial charge in [-0.05, 0) is 31.2 Å². The van der Waals surface area contributed by atoms with Gasteiger partial charge in [0.25, 0.3) is 0 Å². The van der Waals surface area contributed by atoms with Crippen LogP contribution in [0.25, 0.3) is 0 Å². The molecule has 0 bridgehead atoms. The summed E-state index contributed by atoms with van der Waals surface area (Å²) in [5.74, 6) is 1.08. The normalized spacial score (nSPS) is 12.4. The summed E-state index contributed by atoms with van der Waals surface area (Å²) in [5, 5.41) is 16.6. The highest BCUT2D eigenvalue weighted by Gasteiger charge is 2.31. The van der Waals surface area contributed by atoms with Gasteiger partial charge in [0.2, 0.25) is 0 Å². The number of hydrogen-bond acceptors (Lipinski definition) is 5. The van der Waals surface area contributed by atoms with E-state index in [-0.39, 0.29) is 48.4 Å². The Balaban J connectivity index is 0.00000512. The first-order valence-corrected chi connectivity index (χ1v) is 9.53. The molecule has 3 N–H and O–H groups in total. The van der Waals surface area contributed by atoms with Crippen LogP contribution in [0.2, 0.25) is 0 Å². The van der Waals surface area contributed by atoms with Crippen LogP contribution in [0.1, 0.15) is 24.2 Å². The van der Waals surface area contributed by atoms with Gasteiger partial charge in [-0.2, -0.15) is 0 Å². The molecule has 0 saturated carbocycles. The Morgan fingerprint density at radius 1 is 1.06 bits per heavy atom. The lowest BCUT2D eigenvalue weighted by Crippen LogP contribution is -2.39. The summed E-state index contributed by atoms with van der Waals surface area (Å²) >= 11 is 0. The number of rotatable bonds is 9. The van der Waals surface area contributed by atoms with Crippen molar-refractivity contribution in [3.8, 4) is 17.2 Å². The summed E-state index contributed by atoms with van der Waals surface area (Å²) in [4.78, 5) is 4.30. The van der Waals surface area contributed by atoms with Crippen LogP contribution in [-0.4, -0.2) is 44.7 Å². The second kappa shape index (κ2) is 13.2. The van der Waals surface area contributed by atoms with Crippen molar-refractivity contribution in [2.75, 3.05) is 27.3 Å². The van der Waals surface area contributed by atoms with Crippen LogP contribution in [-0.2, 0) is 6.54 Å². The molecular weight excluding hydrogens is 542 g/mol. The monoisotopic (exact) mass is 569 g/mol. The molecule has 0 fully saturated rings. The Morgan fingerprint density at radius 2 is 1.78 bits per heavy atom. The standard InChI is InChI=1S/C21H26F3N3O4.HI/c1-4-25-20(26-12-14-7-5-6-8-18(14)31-21(22,23)24)27-13-17(28)16-11-15(29-2)9-10-19(16)30-3;/h5-11,17,28H,4,12-13H2,1-3H3,(H2,25,26,27);1H. The summed E-state index contributed by atoms with van der Waals surface area (Å²) in [6, 6.07) is 10.9. The van der Waals surface area contributed by atoms with Crippen molar-refractivity contribution in [1.29, 1.82) is 0 Å². The van der Waals surface area contributed by atoms with E-state index in [2.05, 4.69) is 20.4 Å². The number of hydrogen-bond donors (Lipinski definition) is 3. The van der Waals surface area contributed by atoms with E-state index < -0.39 is 12.5 Å². The molecule has 32 heavy (non-hydrogen) atoms. The smallest absolute Gasteiger partial charge is 0.497 e. The van der Waals surface area contributed by atoms with Gasteiger partial charge in [-0.3, -0.25) is 0 Å². The van der Waals surface area contributed by atoms with E-state index in [0.717, 1.165) is 0 Å². The Hall–Kier alpha value is -2.41. The number of aliphatic imine (C=N–C) groups is 1. The van der Waals surface area contributed by atoms with Crippen LogP contribution in [0, 0.1) is 0 Å². The van der Waals surface area contributed by atoms with Gasteiger partial charge in [-0.1, -0.05) is 18.2 Å². The number of ether oxygens (including phenoxy) is 3. The van der Waals surface area contributed by atoms with Gasteiger partial charge in [0.05, 0.1) is 26.9 Å². The number of guanidine groups is 1. The fraction of sp³-hybridized carbons (Fsp3) is 0.381. The molecule has 0 aromatic heterocycles. The number of benzene rings is 2. The third kappa shape index (κ3) is 8.61. The lowest BCUT2D eigenvalue weighted by molar-refractivity contribution is -0.274. The molecule has 2 aromatic carbocycles. The van der Waals surface area contributed by atoms with E-state index in [4.69, 9.17) is 9.47 Å². The van der Waals surface area contributed by atoms with E-state index in [1.807, 2.05) is 6.92 Å². The first-order chi connectivity index (χ1) is 14.8. The van der Waals surface area contributed by atoms with Gasteiger partial charge < -0.3 is 30.0 Å². The Kier molecular flexibility index (Phi) is 11.4. The van der Waals surface area contributed by atoms with Crippen LogP contribution in [0.4, 0.5) is 13.2 Å². The van der Waals surface area contributed by atoms with Crippen LogP contribution in [0.3, 0.4) is 0 Å². The quantitative estimate of drug-likeness (QED) is 0.241. The summed E-state index contributed by atoms with van der Waals surface area (Å²) in [6.07, 6.45) is -5.74. The molecule has 0 aliphatic carbocycles. The maximum absolute atomic E-state index is 12.6. The van der Waals surface area contributed by atoms with E-state index in [1.165, 1.54) is 32.4 Å². The summed E-state index contributed by atoms with van der Waals surface area (Å²) < 4.78 is 52.3. The zero-order chi connectivity index (χ0) is 22.9. The predicted molar refractivity (Wildman–Crippen MR) is 126 cm³/mol. The molecule has 0 aliphatic heterocycles. The van der Waals surface area contributed by atoms with Crippen LogP contribution >= 0.6 is 24.0 Å². The van der Waals surface area contributed by atoms with Crippen LogP contribution in [0.15, 0.2) is 47.5 Å². The highest BCUT2D eigenvalue weighted by molar-refractivity contribution is 14.0. The van der Waals surface area contributed by atoms with E-state index in [9.17, 15) is 18.3 Å². The molecule has 0 aliphatic rings. The highest BCUT2D eigenvalue weighted by Crippen LogP contribution is 2.29. The molecule has 0 amide bonds. The van der Waals surface area contributed by atoms with Gasteiger partial charge in [0.15, 0.2) is 5.96 Å². The van der Waals surface area contributed by atoms with E-state index >= 15 is 0 Å². The number of nitrogens with one attached hydrogen (secondary N) is 2. The lowest BCUT2D eigenvalue weighted by Gasteiger charge is -2.18. The Bertz CT molecular complexity index is 882. The zero-order valence-corrected chi connectivity index (χ0v) is 20.2. The predicted octanol–water partition coefficient (Wildman–Crippen LogP) is 4.01. The van der Waals surface area contributed by atoms with Gasteiger partial charge >= 0.3 is 6.36 Å². The van der Waals surface area contributed by atoms with Crippen LogP contribution in [0.5, 0.6) is 17.2 Å². The number of aliphatic hydroxyl groups is 1. The van der Waals surface area contributed by atoms with Gasteiger partial charge in [0, 0.05) is 24.2 Å². The SMILES string of the molecule is CCNC(=NCc1ccccc1OC(F)(F)F)NCC(O)c1cc(OC)ccc1OC.I. The van der Waals surface area contributed by atoms with Gasteiger partial charge in [-0.25, -0.2) is 4.99 Å². The van der Waals surface area contributed by atoms with Gasteiger partial charge in [-0.15, -0.1) is 37.1 Å². The lowest BCUT2D eigenvalue weighted by atomic mass is 10.1. The fourth-order valence-electron chi connectivity index (χ4n) is 2.77. The van der Waals surface area contributed by atoms with Crippen LogP contribution < -0.4 is 24.8 Å². The van der Waals surface area contributed by atoms with E-state index in [1.54, 1.807) is 24.3 Å². The first-order valence-electron chi connectivity index (χ1n) is 9.53. The number of methoxy groups -OCH3 is 2. The van der Waals surface area contributed by atoms with Crippen molar-refractivity contribution < 1.29 is 32.5 Å². The number of nitrogens with zero attached hydrogens (tertiary/aromatic N) is 1. The Morgan fingerprint density at radius 3 is 2.41 bits per heavy atom. The largest absolute Gasteiger partial charge is 0.573 e. The topological polar surface area (TPSA) is 84.3 Å². The minimum Gasteiger partial charge on any atom is -0.497 e. The second-order valence-corrected chi connectivity index (χ2v) is 6.36. The number of aliphatic hydroxyl groups excluding tert-OH is 1. The zero-order valence-electron chi connectivity index (χ0n) is 17.9. The van der Waals surface area contributed by atoms with Crippen molar-refractivity contribution in [2.45, 2.75) is 25.9 Å². The molecule has 1 atom stereocenters. The average molecular weight is 569 g/mol. The van der Waals surface area contributed by atoms with E-state index in [0.29, 0.717) is 29.6 Å². The van der Waals surface area contributed by atoms with Crippen molar-refractivity contribution in [3.05, 3.63) is 53.6 Å². The maximum atomic E-state index is 12.6. The minimum absolute atomic E-state index is 0. The highest BCUT2D eigenvalue weighted by atomic mass is 127. The summed E-state index contributed by atoms with van der Waals surface area (Å²) in [6.45, 7) is 2.39. The number of para-hydroxylation sites is 1. The molecule has 7 nitrogen and oxygen atoms in total. The maximum Gasteiger partial charge on any atom is 0.573 e. The fourth-order valence-corrected chi connectivity index (χ4v) is 2.77. The minimum atomic E-state index is -4.79. The molecule has 11 heteroatoms. The average Bonchev–Trinajstić information content (AvgIpc) is 2.74. The Labute approximate surface area is 202 Å². The second-order valence-electron chi connectivity index (χ2n) is 6.36. The molecule has 2 rings (SSSR count). The molecule has 0 radical (unpaired) electrons. The van der Waals surface area contributed by atoms with Gasteiger partial charge in [0.1, 0.15) is 17.2 Å². The third-order valence-corrected chi connectivity index (χ3v) is 4.21. The van der Waals surface area contributed by atoms with Crippen molar-refractivity contribution in [2.24, 2.45) is 4.99 Å². The molecule has 0 saturated heterocycles. The molecule has 2 aromatic rings. The molecule has 0 spiro atoms.